The monoisotopic (exact) mass is 793 g/mol. The summed E-state index contributed by atoms with van der Waals surface area (Å²) in [5, 5.41) is 7.19. The van der Waals surface area contributed by atoms with Crippen LogP contribution in [0, 0.1) is 0 Å². The maximum absolute atomic E-state index is 6.65. The van der Waals surface area contributed by atoms with E-state index in [1.165, 1.54) is 60.5 Å². The molecule has 0 amide bonds. The highest BCUT2D eigenvalue weighted by atomic mass is 16.4. The Bertz CT molecular complexity index is 3580. The second-order valence-corrected chi connectivity index (χ2v) is 16.2. The molecule has 292 valence electrons. The first-order valence-corrected chi connectivity index (χ1v) is 21.3. The fourth-order valence-electron chi connectivity index (χ4n) is 9.48. The van der Waals surface area contributed by atoms with Crippen molar-refractivity contribution in [1.82, 2.24) is 4.98 Å². The first kappa shape index (κ1) is 35.9. The molecule has 0 spiro atoms. The van der Waals surface area contributed by atoms with E-state index in [2.05, 4.69) is 182 Å². The Balaban J connectivity index is 0.915. The molecule has 0 aliphatic carbocycles. The van der Waals surface area contributed by atoms with E-state index < -0.39 is 0 Å². The molecule has 0 aliphatic heterocycles. The van der Waals surface area contributed by atoms with Crippen LogP contribution >= 0.6 is 0 Å². The molecule has 10 aromatic carbocycles. The molecule has 1 unspecified atom stereocenters. The van der Waals surface area contributed by atoms with Crippen LogP contribution in [0.2, 0.25) is 0 Å². The first-order valence-electron chi connectivity index (χ1n) is 21.3. The van der Waals surface area contributed by atoms with Crippen LogP contribution in [0.15, 0.2) is 227 Å². The van der Waals surface area contributed by atoms with Crippen LogP contribution in [0.3, 0.4) is 0 Å². The number of aromatic nitrogens is 1. The maximum Gasteiger partial charge on any atom is 0.227 e. The lowest BCUT2D eigenvalue weighted by Crippen LogP contribution is -2.07. The summed E-state index contributed by atoms with van der Waals surface area (Å²) in [6.45, 7) is 0. The Kier molecular flexibility index (Phi) is 8.64. The number of nitrogens with zero attached hydrogens (tertiary/aromatic N) is 1. The molecule has 0 radical (unpaired) electrons. The minimum absolute atomic E-state index is 0.110. The summed E-state index contributed by atoms with van der Waals surface area (Å²) in [5.74, 6) is 0.716. The van der Waals surface area contributed by atoms with Gasteiger partial charge in [-0.05, 0) is 96.7 Å². The molecule has 0 fully saturated rings. The highest BCUT2D eigenvalue weighted by Crippen LogP contribution is 2.41. The highest BCUT2D eigenvalue weighted by molar-refractivity contribution is 6.14. The highest BCUT2D eigenvalue weighted by Gasteiger charge is 2.21. The molecule has 0 saturated heterocycles. The molecule has 0 N–H and O–H groups in total. The number of para-hydroxylation sites is 1. The van der Waals surface area contributed by atoms with E-state index in [0.717, 1.165) is 50.6 Å². The summed E-state index contributed by atoms with van der Waals surface area (Å²) in [5.41, 5.74) is 15.1. The molecule has 2 aromatic heterocycles. The summed E-state index contributed by atoms with van der Waals surface area (Å²) in [4.78, 5) is 4.84. The lowest BCUT2D eigenvalue weighted by Gasteiger charge is -2.22. The molecule has 0 saturated carbocycles. The van der Waals surface area contributed by atoms with E-state index in [9.17, 15) is 0 Å². The molecule has 3 heteroatoms. The van der Waals surface area contributed by atoms with Gasteiger partial charge in [0.15, 0.2) is 5.58 Å². The first-order chi connectivity index (χ1) is 30.7. The van der Waals surface area contributed by atoms with E-state index >= 15 is 0 Å². The van der Waals surface area contributed by atoms with Gasteiger partial charge >= 0.3 is 0 Å². The number of hydrogen-bond donors (Lipinski definition) is 0. The molecular weight excluding hydrogens is 755 g/mol. The Morgan fingerprint density at radius 2 is 1.00 bits per heavy atom. The third-order valence-electron chi connectivity index (χ3n) is 12.5. The van der Waals surface area contributed by atoms with Gasteiger partial charge in [-0.1, -0.05) is 188 Å². The number of furan rings is 1. The van der Waals surface area contributed by atoms with Gasteiger partial charge in [-0.15, -0.1) is 0 Å². The average molecular weight is 794 g/mol. The molecule has 12 aromatic rings. The Morgan fingerprint density at radius 1 is 0.387 bits per heavy atom. The van der Waals surface area contributed by atoms with Crippen molar-refractivity contribution in [3.63, 3.8) is 0 Å². The predicted molar refractivity (Wildman–Crippen MR) is 256 cm³/mol. The van der Waals surface area contributed by atoms with Gasteiger partial charge in [-0.2, -0.15) is 0 Å². The van der Waals surface area contributed by atoms with Crippen molar-refractivity contribution < 1.29 is 8.83 Å². The van der Waals surface area contributed by atoms with Crippen molar-refractivity contribution >= 4 is 54.6 Å². The predicted octanol–water partition coefficient (Wildman–Crippen LogP) is 16.1. The molecule has 0 bridgehead atoms. The molecular formula is C59H39NO2. The number of benzene rings is 10. The van der Waals surface area contributed by atoms with Crippen molar-refractivity contribution in [2.75, 3.05) is 0 Å². The Labute approximate surface area is 359 Å². The zero-order valence-electron chi connectivity index (χ0n) is 33.8. The topological polar surface area (TPSA) is 39.2 Å². The molecule has 0 aliphatic rings. The summed E-state index contributed by atoms with van der Waals surface area (Å²) in [7, 11) is 0. The fourth-order valence-corrected chi connectivity index (χ4v) is 9.48. The third-order valence-corrected chi connectivity index (χ3v) is 12.5. The number of hydrogen-bond acceptors (Lipinski definition) is 3. The van der Waals surface area contributed by atoms with Crippen LogP contribution in [-0.4, -0.2) is 4.98 Å². The van der Waals surface area contributed by atoms with E-state index in [0.29, 0.717) is 11.5 Å². The van der Waals surface area contributed by atoms with Gasteiger partial charge in [0.2, 0.25) is 5.89 Å². The quantitative estimate of drug-likeness (QED) is 0.144. The average Bonchev–Trinajstić information content (AvgIpc) is 3.94. The van der Waals surface area contributed by atoms with Crippen LogP contribution in [0.25, 0.3) is 99.4 Å². The standard InChI is InChI=1S/C59H39NO2/c1-3-14-39(15-4-1)45-19-9-10-22-49(45)52(34-38-26-28-41(29-27-38)53-35-44-18-7-8-20-46(44)48-21-11-12-23-50(48)53)42-32-30-40(31-33-42)47-24-13-25-51-54-36-55-57(37-56(54)61-58(47)51)62-59(60-55)43-16-5-2-6-17-43/h1-33,35-37,52H,34H2. The second-order valence-electron chi connectivity index (χ2n) is 16.2. The van der Waals surface area contributed by atoms with Gasteiger partial charge in [0.25, 0.3) is 0 Å². The molecule has 3 nitrogen and oxygen atoms in total. The van der Waals surface area contributed by atoms with Crippen molar-refractivity contribution in [1.29, 1.82) is 0 Å². The smallest absolute Gasteiger partial charge is 0.227 e. The van der Waals surface area contributed by atoms with Gasteiger partial charge < -0.3 is 8.83 Å². The van der Waals surface area contributed by atoms with Gasteiger partial charge in [0.05, 0.1) is 0 Å². The van der Waals surface area contributed by atoms with E-state index in [4.69, 9.17) is 13.8 Å². The Hall–Kier alpha value is -8.01. The van der Waals surface area contributed by atoms with Crippen LogP contribution in [0.4, 0.5) is 0 Å². The van der Waals surface area contributed by atoms with Crippen molar-refractivity contribution in [3.8, 4) is 44.8 Å². The summed E-state index contributed by atoms with van der Waals surface area (Å²) in [6.07, 6.45) is 0.850. The maximum atomic E-state index is 6.65. The molecule has 62 heavy (non-hydrogen) atoms. The van der Waals surface area contributed by atoms with Crippen LogP contribution in [0.1, 0.15) is 22.6 Å². The lowest BCUT2D eigenvalue weighted by atomic mass is 9.81. The van der Waals surface area contributed by atoms with Crippen LogP contribution in [-0.2, 0) is 6.42 Å². The number of rotatable bonds is 8. The van der Waals surface area contributed by atoms with Gasteiger partial charge in [0.1, 0.15) is 16.7 Å². The van der Waals surface area contributed by atoms with Crippen LogP contribution < -0.4 is 0 Å². The minimum Gasteiger partial charge on any atom is -0.455 e. The van der Waals surface area contributed by atoms with Crippen molar-refractivity contribution in [2.24, 2.45) is 0 Å². The Morgan fingerprint density at radius 3 is 1.81 bits per heavy atom. The molecule has 12 rings (SSSR count). The largest absolute Gasteiger partial charge is 0.455 e. The third kappa shape index (κ3) is 6.26. The number of oxazole rings is 1. The van der Waals surface area contributed by atoms with Crippen molar-refractivity contribution in [2.45, 2.75) is 12.3 Å². The number of fused-ring (bicyclic) bond motifs is 7. The van der Waals surface area contributed by atoms with Crippen LogP contribution in [0.5, 0.6) is 0 Å². The lowest BCUT2D eigenvalue weighted by molar-refractivity contribution is 0.617. The minimum atomic E-state index is 0.110. The normalized spacial score (nSPS) is 12.2. The fraction of sp³-hybridized carbons (Fsp3) is 0.0339. The zero-order chi connectivity index (χ0) is 41.0. The van der Waals surface area contributed by atoms with Gasteiger partial charge in [0, 0.05) is 33.9 Å². The summed E-state index contributed by atoms with van der Waals surface area (Å²) < 4.78 is 12.9. The second kappa shape index (κ2) is 14.9. The van der Waals surface area contributed by atoms with E-state index in [-0.39, 0.29) is 5.92 Å². The van der Waals surface area contributed by atoms with Gasteiger partial charge in [-0.3, -0.25) is 0 Å². The molecule has 1 atom stereocenters. The van der Waals surface area contributed by atoms with Gasteiger partial charge in [-0.25, -0.2) is 4.98 Å². The summed E-state index contributed by atoms with van der Waals surface area (Å²) in [6, 6.07) is 78.3. The van der Waals surface area contributed by atoms with E-state index in [1.807, 2.05) is 36.4 Å². The SMILES string of the molecule is c1ccc(-c2nc3cc4c(cc3o2)oc2c(-c3ccc(C(Cc5ccc(-c6cc7ccccc7c7ccccc67)cc5)c5ccccc5-c5ccccc5)cc3)cccc24)cc1. The summed E-state index contributed by atoms with van der Waals surface area (Å²) >= 11 is 0. The van der Waals surface area contributed by atoms with E-state index in [1.54, 1.807) is 0 Å². The van der Waals surface area contributed by atoms with Crippen molar-refractivity contribution in [3.05, 3.63) is 235 Å². The zero-order valence-corrected chi connectivity index (χ0v) is 33.8. The molecule has 2 heterocycles.